The molecule has 1 fully saturated rings. The Kier molecular flexibility index (Phi) is 12.2. The van der Waals surface area contributed by atoms with Crippen LogP contribution < -0.4 is 10.6 Å². The molecule has 0 amide bonds. The van der Waals surface area contributed by atoms with Crippen LogP contribution in [0.1, 0.15) is 37.7 Å². The van der Waals surface area contributed by atoms with Crippen molar-refractivity contribution in [3.05, 3.63) is 29.0 Å². The van der Waals surface area contributed by atoms with Crippen LogP contribution >= 0.6 is 35.6 Å². The van der Waals surface area contributed by atoms with Gasteiger partial charge in [0.15, 0.2) is 5.96 Å². The number of halogens is 2. The second kappa shape index (κ2) is 13.6. The van der Waals surface area contributed by atoms with Crippen molar-refractivity contribution in [3.8, 4) is 0 Å². The summed E-state index contributed by atoms with van der Waals surface area (Å²) in [4.78, 5) is 11.0. The first kappa shape index (κ1) is 22.4. The number of nitrogens with zero attached hydrogens (tertiary/aromatic N) is 3. The maximum atomic E-state index is 5.80. The lowest BCUT2D eigenvalue weighted by Gasteiger charge is -2.20. The molecule has 0 aromatic carbocycles. The van der Waals surface area contributed by atoms with Gasteiger partial charge in [-0.3, -0.25) is 4.99 Å². The van der Waals surface area contributed by atoms with Crippen molar-refractivity contribution >= 4 is 41.5 Å². The third-order valence-corrected chi connectivity index (χ3v) is 4.58. The van der Waals surface area contributed by atoms with E-state index in [0.29, 0.717) is 5.15 Å². The summed E-state index contributed by atoms with van der Waals surface area (Å²) >= 11 is 5.80. The Morgan fingerprint density at radius 1 is 1.16 bits per heavy atom. The molecule has 5 nitrogen and oxygen atoms in total. The third kappa shape index (κ3) is 9.61. The van der Waals surface area contributed by atoms with Gasteiger partial charge in [-0.25, -0.2) is 4.98 Å². The molecule has 0 unspecified atom stereocenters. The lowest BCUT2D eigenvalue weighted by atomic mass is 10.2. The number of pyridine rings is 1. The van der Waals surface area contributed by atoms with E-state index in [1.807, 2.05) is 25.4 Å². The number of aliphatic imine (C=N–C) groups is 1. The third-order valence-electron chi connectivity index (χ3n) is 4.36. The minimum atomic E-state index is 0. The Hall–Kier alpha value is -0.600. The Morgan fingerprint density at radius 2 is 1.88 bits per heavy atom. The molecule has 1 aliphatic heterocycles. The fourth-order valence-corrected chi connectivity index (χ4v) is 3.08. The first-order valence-electron chi connectivity index (χ1n) is 9.05. The maximum absolute atomic E-state index is 5.80. The zero-order valence-electron chi connectivity index (χ0n) is 15.1. The van der Waals surface area contributed by atoms with Gasteiger partial charge in [0.2, 0.25) is 0 Å². The van der Waals surface area contributed by atoms with Gasteiger partial charge < -0.3 is 15.5 Å². The molecule has 1 aliphatic rings. The molecular weight excluding hydrogens is 449 g/mol. The van der Waals surface area contributed by atoms with E-state index in [1.165, 1.54) is 50.9 Å². The van der Waals surface area contributed by atoms with Crippen molar-refractivity contribution < 1.29 is 0 Å². The zero-order valence-corrected chi connectivity index (χ0v) is 18.2. The molecule has 0 saturated carbocycles. The summed E-state index contributed by atoms with van der Waals surface area (Å²) < 4.78 is 0. The first-order chi connectivity index (χ1) is 11.8. The highest BCUT2D eigenvalue weighted by atomic mass is 127. The van der Waals surface area contributed by atoms with Crippen molar-refractivity contribution in [3.63, 3.8) is 0 Å². The van der Waals surface area contributed by atoms with E-state index in [4.69, 9.17) is 11.6 Å². The fourth-order valence-electron chi connectivity index (χ4n) is 2.97. The number of rotatable bonds is 7. The molecule has 1 saturated heterocycles. The summed E-state index contributed by atoms with van der Waals surface area (Å²) in [5.41, 5.74) is 1.17. The van der Waals surface area contributed by atoms with Crippen LogP contribution in [0.4, 0.5) is 0 Å². The number of nitrogens with one attached hydrogen (secondary N) is 2. The van der Waals surface area contributed by atoms with Gasteiger partial charge in [0.25, 0.3) is 0 Å². The highest BCUT2D eigenvalue weighted by Gasteiger charge is 2.08. The molecule has 7 heteroatoms. The highest BCUT2D eigenvalue weighted by molar-refractivity contribution is 14.0. The molecule has 0 aliphatic carbocycles. The summed E-state index contributed by atoms with van der Waals surface area (Å²) in [6, 6.07) is 3.83. The van der Waals surface area contributed by atoms with Gasteiger partial charge in [0, 0.05) is 26.3 Å². The molecule has 25 heavy (non-hydrogen) atoms. The van der Waals surface area contributed by atoms with Crippen LogP contribution in [0.2, 0.25) is 5.15 Å². The van der Waals surface area contributed by atoms with Crippen molar-refractivity contribution in [2.24, 2.45) is 4.99 Å². The molecule has 2 N–H and O–H groups in total. The average Bonchev–Trinajstić information content (AvgIpc) is 2.87. The maximum Gasteiger partial charge on any atom is 0.190 e. The lowest BCUT2D eigenvalue weighted by molar-refractivity contribution is 0.282. The van der Waals surface area contributed by atoms with Crippen LogP contribution in [0.5, 0.6) is 0 Å². The molecule has 0 spiro atoms. The molecule has 1 aromatic heterocycles. The summed E-state index contributed by atoms with van der Waals surface area (Å²) in [6.07, 6.45) is 9.39. The van der Waals surface area contributed by atoms with Gasteiger partial charge in [-0.15, -0.1) is 24.0 Å². The van der Waals surface area contributed by atoms with Crippen LogP contribution in [-0.2, 0) is 6.42 Å². The standard InChI is InChI=1S/C18H30ClN5.HI/c1-20-18(22-11-9-16-7-8-17(19)23-15-16)21-10-6-14-24-12-4-2-3-5-13-24;/h7-8,15H,2-6,9-14H2,1H3,(H2,20,21,22);1H. The zero-order chi connectivity index (χ0) is 17.0. The SMILES string of the molecule is CN=C(NCCCN1CCCCCC1)NCCc1ccc(Cl)nc1.I. The summed E-state index contributed by atoms with van der Waals surface area (Å²) in [5.74, 6) is 0.868. The molecule has 0 radical (unpaired) electrons. The second-order valence-electron chi connectivity index (χ2n) is 6.27. The minimum absolute atomic E-state index is 0. The van der Waals surface area contributed by atoms with Gasteiger partial charge >= 0.3 is 0 Å². The highest BCUT2D eigenvalue weighted by Crippen LogP contribution is 2.09. The predicted molar refractivity (Wildman–Crippen MR) is 117 cm³/mol. The lowest BCUT2D eigenvalue weighted by Crippen LogP contribution is -2.39. The predicted octanol–water partition coefficient (Wildman–Crippen LogP) is 3.33. The molecule has 2 rings (SSSR count). The Labute approximate surface area is 174 Å². The first-order valence-corrected chi connectivity index (χ1v) is 9.43. The van der Waals surface area contributed by atoms with E-state index in [2.05, 4.69) is 25.5 Å². The number of aromatic nitrogens is 1. The second-order valence-corrected chi connectivity index (χ2v) is 6.66. The van der Waals surface area contributed by atoms with Crippen LogP contribution in [0, 0.1) is 0 Å². The smallest absolute Gasteiger partial charge is 0.190 e. The normalized spacial score (nSPS) is 16.0. The van der Waals surface area contributed by atoms with E-state index in [-0.39, 0.29) is 24.0 Å². The Bertz CT molecular complexity index is 487. The molecular formula is C18H31ClIN5. The van der Waals surface area contributed by atoms with Gasteiger partial charge in [-0.2, -0.15) is 0 Å². The quantitative estimate of drug-likeness (QED) is 0.207. The number of hydrogen-bond donors (Lipinski definition) is 2. The van der Waals surface area contributed by atoms with Gasteiger partial charge in [-0.1, -0.05) is 30.5 Å². The molecule has 1 aromatic rings. The van der Waals surface area contributed by atoms with E-state index in [1.54, 1.807) is 0 Å². The minimum Gasteiger partial charge on any atom is -0.356 e. The molecule has 0 atom stereocenters. The topological polar surface area (TPSA) is 52.6 Å². The van der Waals surface area contributed by atoms with Gasteiger partial charge in [-0.05, 0) is 56.9 Å². The number of hydrogen-bond acceptors (Lipinski definition) is 3. The molecule has 0 bridgehead atoms. The van der Waals surface area contributed by atoms with Crippen molar-refractivity contribution in [2.45, 2.75) is 38.5 Å². The Balaban J connectivity index is 0.00000312. The number of likely N-dealkylation sites (tertiary alicyclic amines) is 1. The van der Waals surface area contributed by atoms with Crippen LogP contribution in [0.3, 0.4) is 0 Å². The fraction of sp³-hybridized carbons (Fsp3) is 0.667. The largest absolute Gasteiger partial charge is 0.356 e. The van der Waals surface area contributed by atoms with Crippen molar-refractivity contribution in [1.29, 1.82) is 0 Å². The van der Waals surface area contributed by atoms with Crippen LogP contribution in [-0.4, -0.2) is 55.6 Å². The van der Waals surface area contributed by atoms with E-state index in [0.717, 1.165) is 31.9 Å². The van der Waals surface area contributed by atoms with Crippen LogP contribution in [0.25, 0.3) is 0 Å². The van der Waals surface area contributed by atoms with Gasteiger partial charge in [0.1, 0.15) is 5.15 Å². The van der Waals surface area contributed by atoms with Crippen molar-refractivity contribution in [2.75, 3.05) is 39.8 Å². The van der Waals surface area contributed by atoms with Crippen molar-refractivity contribution in [1.82, 2.24) is 20.5 Å². The van der Waals surface area contributed by atoms with E-state index >= 15 is 0 Å². The molecule has 2 heterocycles. The Morgan fingerprint density at radius 3 is 2.52 bits per heavy atom. The average molecular weight is 480 g/mol. The van der Waals surface area contributed by atoms with Gasteiger partial charge in [0.05, 0.1) is 0 Å². The molecule has 142 valence electrons. The van der Waals surface area contributed by atoms with Crippen LogP contribution in [0.15, 0.2) is 23.3 Å². The number of guanidine groups is 1. The summed E-state index contributed by atoms with van der Waals surface area (Å²) in [6.45, 7) is 5.50. The monoisotopic (exact) mass is 479 g/mol. The summed E-state index contributed by atoms with van der Waals surface area (Å²) in [5, 5.41) is 7.28. The van der Waals surface area contributed by atoms with E-state index in [9.17, 15) is 0 Å². The van der Waals surface area contributed by atoms with E-state index < -0.39 is 0 Å². The summed E-state index contributed by atoms with van der Waals surface area (Å²) in [7, 11) is 1.81.